The van der Waals surface area contributed by atoms with E-state index in [4.69, 9.17) is 0 Å². The van der Waals surface area contributed by atoms with Crippen molar-refractivity contribution in [2.45, 2.75) is 25.3 Å². The van der Waals surface area contributed by atoms with Crippen LogP contribution in [0.4, 0.5) is 0 Å². The molecule has 0 spiro atoms. The topological polar surface area (TPSA) is 130 Å². The third-order valence-corrected chi connectivity index (χ3v) is 7.24. The molecule has 0 aliphatic heterocycles. The first-order chi connectivity index (χ1) is 15.3. The molecule has 0 radical (unpaired) electrons. The van der Waals surface area contributed by atoms with Crippen molar-refractivity contribution < 1.29 is 13.2 Å². The van der Waals surface area contributed by atoms with Crippen molar-refractivity contribution >= 4 is 32.5 Å². The highest BCUT2D eigenvalue weighted by Gasteiger charge is 2.23. The number of amides is 1. The van der Waals surface area contributed by atoms with Gasteiger partial charge in [-0.15, -0.1) is 10.2 Å². The molecule has 2 N–H and O–H groups in total. The van der Waals surface area contributed by atoms with Crippen molar-refractivity contribution in [3.05, 3.63) is 70.4 Å². The molecule has 0 fully saturated rings. The summed E-state index contributed by atoms with van der Waals surface area (Å²) >= 11 is 0. The van der Waals surface area contributed by atoms with E-state index in [0.717, 1.165) is 6.07 Å². The van der Waals surface area contributed by atoms with Crippen LogP contribution in [0.25, 0.3) is 16.6 Å². The molecule has 1 amide bonds. The second-order valence-corrected chi connectivity index (χ2v) is 9.01. The maximum Gasteiger partial charge on any atom is 0.252 e. The number of hydrogen-bond donors (Lipinski definition) is 2. The summed E-state index contributed by atoms with van der Waals surface area (Å²) in [5, 5.41) is 11.2. The smallest absolute Gasteiger partial charge is 0.252 e. The number of carbonyl (C=O) groups is 1. The van der Waals surface area contributed by atoms with Crippen molar-refractivity contribution in [2.75, 3.05) is 13.1 Å². The number of benzene rings is 1. The summed E-state index contributed by atoms with van der Waals surface area (Å²) in [4.78, 5) is 27.8. The normalized spacial score (nSPS) is 12.0. The van der Waals surface area contributed by atoms with Gasteiger partial charge in [-0.1, -0.05) is 19.9 Å². The molecular weight excluding hydrogens is 432 g/mol. The average molecular weight is 455 g/mol. The summed E-state index contributed by atoms with van der Waals surface area (Å²) in [5.41, 5.74) is 0.628. The van der Waals surface area contributed by atoms with E-state index in [1.54, 1.807) is 30.5 Å². The summed E-state index contributed by atoms with van der Waals surface area (Å²) in [5.74, 6) is -0.000866. The number of rotatable bonds is 7. The van der Waals surface area contributed by atoms with E-state index in [1.165, 1.54) is 22.5 Å². The summed E-state index contributed by atoms with van der Waals surface area (Å²) < 4.78 is 28.9. The molecule has 0 unspecified atom stereocenters. The fourth-order valence-corrected chi connectivity index (χ4v) is 5.04. The Morgan fingerprint density at radius 1 is 1.12 bits per heavy atom. The Hall–Kier alpha value is -3.57. The molecule has 0 saturated carbocycles. The van der Waals surface area contributed by atoms with Crippen LogP contribution in [0.3, 0.4) is 0 Å². The number of aromatic nitrogens is 4. The zero-order chi connectivity index (χ0) is 22.9. The first-order valence-electron chi connectivity index (χ1n) is 10.1. The molecule has 1 aromatic carbocycles. The maximum atomic E-state index is 13.0. The number of hydrogen-bond acceptors (Lipinski definition) is 6. The van der Waals surface area contributed by atoms with E-state index < -0.39 is 21.5 Å². The Labute approximate surface area is 183 Å². The average Bonchev–Trinajstić information content (AvgIpc) is 3.20. The molecule has 3 aromatic heterocycles. The number of aromatic amines is 1. The largest absolute Gasteiger partial charge is 0.345 e. The van der Waals surface area contributed by atoms with Gasteiger partial charge in [0.2, 0.25) is 15.6 Å². The van der Waals surface area contributed by atoms with Crippen molar-refractivity contribution in [3.63, 3.8) is 0 Å². The SMILES string of the molecule is CCN(CC)S(=O)(=O)c1ccc2[nH]c(=O)cc(C(=O)NCc3nnc4ccccn34)c2c1. The van der Waals surface area contributed by atoms with E-state index in [-0.39, 0.29) is 17.0 Å². The number of fused-ring (bicyclic) bond motifs is 2. The lowest BCUT2D eigenvalue weighted by Crippen LogP contribution is -2.30. The molecule has 166 valence electrons. The highest BCUT2D eigenvalue weighted by Crippen LogP contribution is 2.23. The van der Waals surface area contributed by atoms with Gasteiger partial charge < -0.3 is 10.3 Å². The Morgan fingerprint density at radius 2 is 1.91 bits per heavy atom. The van der Waals surface area contributed by atoms with Gasteiger partial charge in [0.15, 0.2) is 11.5 Å². The van der Waals surface area contributed by atoms with Crippen molar-refractivity contribution in [1.82, 2.24) is 29.2 Å². The second-order valence-electron chi connectivity index (χ2n) is 7.07. The van der Waals surface area contributed by atoms with Crippen LogP contribution in [0.1, 0.15) is 30.0 Å². The van der Waals surface area contributed by atoms with Crippen LogP contribution < -0.4 is 10.9 Å². The van der Waals surface area contributed by atoms with Crippen LogP contribution in [0.15, 0.2) is 58.4 Å². The lowest BCUT2D eigenvalue weighted by atomic mass is 10.1. The molecule has 0 aliphatic rings. The number of nitrogens with zero attached hydrogens (tertiary/aromatic N) is 4. The van der Waals surface area contributed by atoms with Gasteiger partial charge in [-0.3, -0.25) is 14.0 Å². The number of H-pyrrole nitrogens is 1. The zero-order valence-corrected chi connectivity index (χ0v) is 18.4. The summed E-state index contributed by atoms with van der Waals surface area (Å²) in [6.07, 6.45) is 1.78. The molecule has 4 rings (SSSR count). The Balaban J connectivity index is 1.71. The van der Waals surface area contributed by atoms with E-state index in [0.29, 0.717) is 35.5 Å². The minimum absolute atomic E-state index is 0.0539. The van der Waals surface area contributed by atoms with Crippen molar-refractivity contribution in [2.24, 2.45) is 0 Å². The zero-order valence-electron chi connectivity index (χ0n) is 17.6. The van der Waals surface area contributed by atoms with E-state index in [1.807, 2.05) is 12.1 Å². The molecule has 0 aliphatic carbocycles. The monoisotopic (exact) mass is 454 g/mol. The molecule has 4 aromatic rings. The van der Waals surface area contributed by atoms with Gasteiger partial charge in [0.05, 0.1) is 17.0 Å². The highest BCUT2D eigenvalue weighted by molar-refractivity contribution is 7.89. The van der Waals surface area contributed by atoms with Crippen LogP contribution in [0.2, 0.25) is 0 Å². The highest BCUT2D eigenvalue weighted by atomic mass is 32.2. The van der Waals surface area contributed by atoms with Gasteiger partial charge in [-0.05, 0) is 30.3 Å². The van der Waals surface area contributed by atoms with E-state index >= 15 is 0 Å². The Bertz CT molecular complexity index is 1470. The van der Waals surface area contributed by atoms with Crippen LogP contribution in [0.5, 0.6) is 0 Å². The standard InChI is InChI=1S/C21H22N6O4S/c1-3-26(4-2)32(30,31)14-8-9-17-15(11-14)16(12-20(28)23-17)21(29)22-13-19-25-24-18-7-5-6-10-27(18)19/h5-12H,3-4,13H2,1-2H3,(H,22,29)(H,23,28). The number of nitrogens with one attached hydrogen (secondary N) is 2. The van der Waals surface area contributed by atoms with Gasteiger partial charge in [0.1, 0.15) is 0 Å². The molecule has 3 heterocycles. The molecular formula is C21H22N6O4S. The van der Waals surface area contributed by atoms with Gasteiger partial charge in [-0.25, -0.2) is 8.42 Å². The third-order valence-electron chi connectivity index (χ3n) is 5.19. The fourth-order valence-electron chi connectivity index (χ4n) is 3.56. The van der Waals surface area contributed by atoms with Gasteiger partial charge in [-0.2, -0.15) is 4.31 Å². The van der Waals surface area contributed by atoms with Crippen LogP contribution in [-0.2, 0) is 16.6 Å². The second kappa shape index (κ2) is 8.52. The maximum absolute atomic E-state index is 13.0. The van der Waals surface area contributed by atoms with E-state index in [9.17, 15) is 18.0 Å². The number of sulfonamides is 1. The Morgan fingerprint density at radius 3 is 2.66 bits per heavy atom. The molecule has 32 heavy (non-hydrogen) atoms. The summed E-state index contributed by atoms with van der Waals surface area (Å²) in [6, 6.07) is 10.9. The minimum atomic E-state index is -3.73. The molecule has 10 nitrogen and oxygen atoms in total. The first-order valence-corrected chi connectivity index (χ1v) is 11.5. The molecule has 0 saturated heterocycles. The molecule has 0 bridgehead atoms. The lowest BCUT2D eigenvalue weighted by Gasteiger charge is -2.19. The van der Waals surface area contributed by atoms with Gasteiger partial charge in [0, 0.05) is 36.3 Å². The van der Waals surface area contributed by atoms with E-state index in [2.05, 4.69) is 20.5 Å². The predicted octanol–water partition coefficient (Wildman–Crippen LogP) is 1.53. The van der Waals surface area contributed by atoms with Gasteiger partial charge in [0.25, 0.3) is 5.91 Å². The summed E-state index contributed by atoms with van der Waals surface area (Å²) in [7, 11) is -3.73. The van der Waals surface area contributed by atoms with Crippen molar-refractivity contribution in [3.8, 4) is 0 Å². The molecule has 0 atom stereocenters. The van der Waals surface area contributed by atoms with Crippen molar-refractivity contribution in [1.29, 1.82) is 0 Å². The summed E-state index contributed by atoms with van der Waals surface area (Å²) in [6.45, 7) is 4.24. The molecule has 11 heteroatoms. The Kier molecular flexibility index (Phi) is 5.76. The van der Waals surface area contributed by atoms with Crippen LogP contribution >= 0.6 is 0 Å². The lowest BCUT2D eigenvalue weighted by molar-refractivity contribution is 0.0951. The van der Waals surface area contributed by atoms with Crippen LogP contribution in [-0.4, -0.2) is 51.3 Å². The first kappa shape index (κ1) is 21.7. The quantitative estimate of drug-likeness (QED) is 0.436. The van der Waals surface area contributed by atoms with Crippen LogP contribution in [0, 0.1) is 0 Å². The predicted molar refractivity (Wildman–Crippen MR) is 119 cm³/mol. The third kappa shape index (κ3) is 3.87. The fraction of sp³-hybridized carbons (Fsp3) is 0.238. The van der Waals surface area contributed by atoms with Gasteiger partial charge >= 0.3 is 0 Å². The number of pyridine rings is 2. The minimum Gasteiger partial charge on any atom is -0.345 e. The number of carbonyl (C=O) groups excluding carboxylic acids is 1.